The lowest BCUT2D eigenvalue weighted by Crippen LogP contribution is -2.12. The van der Waals surface area contributed by atoms with Crippen LogP contribution in [-0.2, 0) is 42.9 Å². The number of carbonyl (C=O) groups is 5. The molecule has 0 aromatic carbocycles. The summed E-state index contributed by atoms with van der Waals surface area (Å²) >= 11 is 0. The van der Waals surface area contributed by atoms with Crippen molar-refractivity contribution in [2.24, 2.45) is 5.92 Å². The van der Waals surface area contributed by atoms with Crippen LogP contribution in [0.15, 0.2) is 63.5 Å². The molecule has 1 unspecified atom stereocenters. The van der Waals surface area contributed by atoms with E-state index in [-0.39, 0.29) is 31.1 Å². The van der Waals surface area contributed by atoms with Gasteiger partial charge in [-0.05, 0) is 18.8 Å². The molecular formula is C30H50O11. The molecule has 1 atom stereocenters. The van der Waals surface area contributed by atoms with Gasteiger partial charge in [0.15, 0.2) is 0 Å². The van der Waals surface area contributed by atoms with Gasteiger partial charge in [-0.2, -0.15) is 0 Å². The van der Waals surface area contributed by atoms with Crippen LogP contribution in [0.4, 0.5) is 0 Å². The summed E-state index contributed by atoms with van der Waals surface area (Å²) in [6, 6.07) is 0. The molecule has 0 bridgehead atoms. The minimum Gasteiger partial charge on any atom is -0.478 e. The zero-order valence-corrected chi connectivity index (χ0v) is 25.1. The maximum absolute atomic E-state index is 10.8. The van der Waals surface area contributed by atoms with Crippen molar-refractivity contribution in [2.45, 2.75) is 66.2 Å². The van der Waals surface area contributed by atoms with Crippen molar-refractivity contribution >= 4 is 29.8 Å². The zero-order valence-electron chi connectivity index (χ0n) is 25.1. The summed E-state index contributed by atoms with van der Waals surface area (Å²) in [5, 5.41) is 15.7. The van der Waals surface area contributed by atoms with Gasteiger partial charge in [0.05, 0.1) is 26.1 Å². The average Bonchev–Trinajstić information content (AvgIpc) is 2.96. The second-order valence-corrected chi connectivity index (χ2v) is 7.39. The molecule has 0 heterocycles. The van der Waals surface area contributed by atoms with Gasteiger partial charge < -0.3 is 29.2 Å². The van der Waals surface area contributed by atoms with Crippen LogP contribution in [0.25, 0.3) is 0 Å². The van der Waals surface area contributed by atoms with Crippen LogP contribution in [-0.4, -0.2) is 66.5 Å². The summed E-state index contributed by atoms with van der Waals surface area (Å²) in [6.45, 7) is 24.5. The van der Waals surface area contributed by atoms with E-state index < -0.39 is 11.9 Å². The predicted molar refractivity (Wildman–Crippen MR) is 159 cm³/mol. The highest BCUT2D eigenvalue weighted by Gasteiger charge is 2.07. The van der Waals surface area contributed by atoms with Crippen molar-refractivity contribution < 1.29 is 53.1 Å². The molecule has 0 aliphatic rings. The Hall–Kier alpha value is -3.99. The SMILES string of the molecule is C=CC(=O)O.C=CC(=O)OCC(CC)CCCC.C=CC(=O)OCCCC.C=CC(=O)OCCO.C=COC(C)=O. The van der Waals surface area contributed by atoms with Crippen molar-refractivity contribution in [1.82, 2.24) is 0 Å². The molecule has 2 N–H and O–H groups in total. The summed E-state index contributed by atoms with van der Waals surface area (Å²) in [5.41, 5.74) is 0. The third kappa shape index (κ3) is 57.1. The maximum atomic E-state index is 10.8. The fourth-order valence-electron chi connectivity index (χ4n) is 1.86. The molecule has 0 amide bonds. The summed E-state index contributed by atoms with van der Waals surface area (Å²) in [6.07, 6.45) is 12.0. The molecule has 236 valence electrons. The van der Waals surface area contributed by atoms with Gasteiger partial charge in [-0.15, -0.1) is 0 Å². The van der Waals surface area contributed by atoms with E-state index in [9.17, 15) is 24.0 Å². The van der Waals surface area contributed by atoms with E-state index >= 15 is 0 Å². The van der Waals surface area contributed by atoms with E-state index in [1.165, 1.54) is 31.9 Å². The minimum atomic E-state index is -0.981. The van der Waals surface area contributed by atoms with Crippen LogP contribution in [0.2, 0.25) is 0 Å². The largest absolute Gasteiger partial charge is 0.478 e. The predicted octanol–water partition coefficient (Wildman–Crippen LogP) is 5.11. The fourth-order valence-corrected chi connectivity index (χ4v) is 1.86. The number of aliphatic carboxylic acids is 1. The number of aliphatic hydroxyl groups excluding tert-OH is 1. The van der Waals surface area contributed by atoms with Gasteiger partial charge in [0.25, 0.3) is 0 Å². The molecule has 0 aliphatic carbocycles. The molecule has 0 saturated carbocycles. The van der Waals surface area contributed by atoms with Crippen LogP contribution in [0.1, 0.15) is 66.2 Å². The second-order valence-electron chi connectivity index (χ2n) is 7.39. The number of unbranched alkanes of at least 4 members (excludes halogenated alkanes) is 2. The lowest BCUT2D eigenvalue weighted by Gasteiger charge is -2.13. The second kappa shape index (κ2) is 40.5. The number of hydrogen-bond donors (Lipinski definition) is 2. The molecule has 0 aromatic heterocycles. The third-order valence-corrected chi connectivity index (χ3v) is 4.01. The molecule has 11 nitrogen and oxygen atoms in total. The van der Waals surface area contributed by atoms with Gasteiger partial charge in [0, 0.05) is 31.2 Å². The van der Waals surface area contributed by atoms with Crippen LogP contribution in [0.3, 0.4) is 0 Å². The van der Waals surface area contributed by atoms with Crippen molar-refractivity contribution in [3.05, 3.63) is 63.5 Å². The highest BCUT2D eigenvalue weighted by atomic mass is 16.5. The molecule has 41 heavy (non-hydrogen) atoms. The van der Waals surface area contributed by atoms with Gasteiger partial charge in [-0.3, -0.25) is 4.79 Å². The normalized spacial score (nSPS) is 9.10. The van der Waals surface area contributed by atoms with Crippen LogP contribution in [0, 0.1) is 5.92 Å². The van der Waals surface area contributed by atoms with Crippen molar-refractivity contribution in [1.29, 1.82) is 0 Å². The molecule has 0 saturated heterocycles. The van der Waals surface area contributed by atoms with Gasteiger partial charge in [0.1, 0.15) is 6.61 Å². The zero-order chi connectivity index (χ0) is 32.9. The Bertz CT molecular complexity index is 743. The van der Waals surface area contributed by atoms with E-state index in [1.54, 1.807) is 0 Å². The van der Waals surface area contributed by atoms with Crippen molar-refractivity contribution in [2.75, 3.05) is 26.4 Å². The number of esters is 4. The van der Waals surface area contributed by atoms with E-state index in [0.29, 0.717) is 19.1 Å². The summed E-state index contributed by atoms with van der Waals surface area (Å²) in [5.74, 6) is -1.93. The first kappa shape index (κ1) is 46.8. The first-order valence-electron chi connectivity index (χ1n) is 13.0. The van der Waals surface area contributed by atoms with Crippen LogP contribution < -0.4 is 0 Å². The quantitative estimate of drug-likeness (QED) is 0.0812. The number of carboxylic acids is 1. The Balaban J connectivity index is -0.000000137. The lowest BCUT2D eigenvalue weighted by atomic mass is 10.0. The smallest absolute Gasteiger partial charge is 0.330 e. The Kier molecular flexibility index (Phi) is 46.3. The highest BCUT2D eigenvalue weighted by Crippen LogP contribution is 2.12. The molecular weight excluding hydrogens is 536 g/mol. The summed E-state index contributed by atoms with van der Waals surface area (Å²) in [4.78, 5) is 50.2. The molecule has 0 aromatic rings. The van der Waals surface area contributed by atoms with Gasteiger partial charge in [-0.1, -0.05) is 79.3 Å². The van der Waals surface area contributed by atoms with Gasteiger partial charge >= 0.3 is 29.8 Å². The van der Waals surface area contributed by atoms with Gasteiger partial charge in [0.2, 0.25) is 0 Å². The molecule has 11 heteroatoms. The Morgan fingerprint density at radius 2 is 1.17 bits per heavy atom. The van der Waals surface area contributed by atoms with Gasteiger partial charge in [-0.25, -0.2) is 19.2 Å². The Labute approximate surface area is 245 Å². The highest BCUT2D eigenvalue weighted by molar-refractivity contribution is 5.81. The van der Waals surface area contributed by atoms with Crippen LogP contribution >= 0.6 is 0 Å². The number of hydrogen-bond acceptors (Lipinski definition) is 10. The summed E-state index contributed by atoms with van der Waals surface area (Å²) in [7, 11) is 0. The monoisotopic (exact) mass is 586 g/mol. The Morgan fingerprint density at radius 1 is 0.732 bits per heavy atom. The lowest BCUT2D eigenvalue weighted by molar-refractivity contribution is -0.139. The molecule has 0 rings (SSSR count). The van der Waals surface area contributed by atoms with Crippen molar-refractivity contribution in [3.8, 4) is 0 Å². The van der Waals surface area contributed by atoms with E-state index in [0.717, 1.165) is 44.1 Å². The maximum Gasteiger partial charge on any atom is 0.330 e. The number of aliphatic hydroxyl groups is 1. The van der Waals surface area contributed by atoms with Crippen LogP contribution in [0.5, 0.6) is 0 Å². The first-order chi connectivity index (χ1) is 19.4. The average molecular weight is 587 g/mol. The molecule has 0 radical (unpaired) electrons. The molecule has 0 fully saturated rings. The van der Waals surface area contributed by atoms with E-state index in [1.807, 2.05) is 6.92 Å². The number of ether oxygens (including phenoxy) is 4. The summed E-state index contributed by atoms with van der Waals surface area (Å²) < 4.78 is 18.2. The number of carboxylic acid groups (broad SMARTS) is 1. The molecule has 0 spiro atoms. The fraction of sp³-hybridized carbons (Fsp3) is 0.500. The molecule has 0 aliphatic heterocycles. The third-order valence-electron chi connectivity index (χ3n) is 4.01. The standard InChI is InChI=1S/C11H20O2.C7H12O2.C5H8O3.C4H6O2.C3H4O2/c1-4-7-8-10(5-2)9-13-11(12)6-3;1-3-5-6-9-7(8)4-2;1-2-5(7)8-4-3-6;1-3-6-4(2)5;1-2-3(4)5/h6,10H,3-5,7-9H2,1-2H3;4H,2-3,5-6H2,1H3;2,6H,1,3-4H2;3H,1H2,2H3;2H,1H2,(H,4,5). The first-order valence-corrected chi connectivity index (χ1v) is 13.0. The van der Waals surface area contributed by atoms with E-state index in [2.05, 4.69) is 61.0 Å². The Morgan fingerprint density at radius 3 is 1.46 bits per heavy atom. The number of carbonyl (C=O) groups excluding carboxylic acids is 4. The topological polar surface area (TPSA) is 163 Å². The van der Waals surface area contributed by atoms with Crippen molar-refractivity contribution in [3.63, 3.8) is 0 Å². The van der Waals surface area contributed by atoms with E-state index in [4.69, 9.17) is 14.9 Å². The number of rotatable bonds is 16. The minimum absolute atomic E-state index is 0.0465.